The largest absolute Gasteiger partial charge is 0.307 e. The first-order valence-electron chi connectivity index (χ1n) is 5.84. The molecule has 0 spiro atoms. The highest BCUT2D eigenvalue weighted by atomic mass is 32.1. The highest BCUT2D eigenvalue weighted by molar-refractivity contribution is 7.17. The zero-order valence-corrected chi connectivity index (χ0v) is 10.7. The number of nitrogens with one attached hydrogen (secondary N) is 1. The van der Waals surface area contributed by atoms with Crippen molar-refractivity contribution in [3.63, 3.8) is 0 Å². The van der Waals surface area contributed by atoms with Gasteiger partial charge in [-0.2, -0.15) is 0 Å². The third-order valence-electron chi connectivity index (χ3n) is 2.83. The molecule has 0 bridgehead atoms. The molecule has 0 aliphatic rings. The van der Waals surface area contributed by atoms with Crippen LogP contribution in [0.1, 0.15) is 11.3 Å². The molecule has 3 aromatic rings. The van der Waals surface area contributed by atoms with Gasteiger partial charge in [0, 0.05) is 24.0 Å². The van der Waals surface area contributed by atoms with E-state index >= 15 is 0 Å². The Bertz CT molecular complexity index is 634. The standard InChI is InChI=1S/C14H13N3S/c1-2-4-14-13(3-1)11(9-18-14)7-16-8-12-5-6-15-10-17-12/h1-6,9-10,16H,7-8H2. The van der Waals surface area contributed by atoms with E-state index in [9.17, 15) is 0 Å². The minimum absolute atomic E-state index is 0.771. The second-order valence-corrected chi connectivity index (χ2v) is 4.97. The van der Waals surface area contributed by atoms with E-state index in [2.05, 4.69) is 44.9 Å². The monoisotopic (exact) mass is 255 g/mol. The quantitative estimate of drug-likeness (QED) is 0.779. The summed E-state index contributed by atoms with van der Waals surface area (Å²) in [6.45, 7) is 1.64. The lowest BCUT2D eigenvalue weighted by Crippen LogP contribution is -2.13. The molecule has 18 heavy (non-hydrogen) atoms. The number of fused-ring (bicyclic) bond motifs is 1. The smallest absolute Gasteiger partial charge is 0.115 e. The molecule has 0 saturated heterocycles. The molecular formula is C14H13N3S. The van der Waals surface area contributed by atoms with Crippen LogP contribution >= 0.6 is 11.3 Å². The molecule has 1 aromatic carbocycles. The van der Waals surface area contributed by atoms with Crippen LogP contribution in [0.3, 0.4) is 0 Å². The summed E-state index contributed by atoms with van der Waals surface area (Å²) in [4.78, 5) is 8.10. The summed E-state index contributed by atoms with van der Waals surface area (Å²) >= 11 is 1.79. The van der Waals surface area contributed by atoms with Gasteiger partial charge in [-0.15, -0.1) is 11.3 Å². The van der Waals surface area contributed by atoms with Gasteiger partial charge in [-0.25, -0.2) is 9.97 Å². The van der Waals surface area contributed by atoms with E-state index in [-0.39, 0.29) is 0 Å². The molecule has 1 N–H and O–H groups in total. The molecule has 0 saturated carbocycles. The average Bonchev–Trinajstić information content (AvgIpc) is 2.84. The number of nitrogens with zero attached hydrogens (tertiary/aromatic N) is 2. The van der Waals surface area contributed by atoms with Crippen LogP contribution in [-0.2, 0) is 13.1 Å². The van der Waals surface area contributed by atoms with E-state index in [4.69, 9.17) is 0 Å². The van der Waals surface area contributed by atoms with Crippen molar-refractivity contribution in [1.29, 1.82) is 0 Å². The Hall–Kier alpha value is -1.78. The fourth-order valence-corrected chi connectivity index (χ4v) is 2.88. The molecular weight excluding hydrogens is 242 g/mol. The van der Waals surface area contributed by atoms with Crippen molar-refractivity contribution in [2.75, 3.05) is 0 Å². The summed E-state index contributed by atoms with van der Waals surface area (Å²) in [6.07, 6.45) is 3.35. The predicted molar refractivity (Wildman–Crippen MR) is 74.4 cm³/mol. The highest BCUT2D eigenvalue weighted by Gasteiger charge is 2.02. The zero-order valence-electron chi connectivity index (χ0n) is 9.84. The molecule has 0 aliphatic heterocycles. The molecule has 0 unspecified atom stereocenters. The summed E-state index contributed by atoms with van der Waals surface area (Å²) in [7, 11) is 0. The molecule has 2 heterocycles. The normalized spacial score (nSPS) is 10.9. The topological polar surface area (TPSA) is 37.8 Å². The van der Waals surface area contributed by atoms with E-state index in [0.717, 1.165) is 18.8 Å². The number of hydrogen-bond donors (Lipinski definition) is 1. The van der Waals surface area contributed by atoms with Crippen molar-refractivity contribution < 1.29 is 0 Å². The maximum Gasteiger partial charge on any atom is 0.115 e. The number of hydrogen-bond acceptors (Lipinski definition) is 4. The van der Waals surface area contributed by atoms with Crippen LogP contribution in [0.25, 0.3) is 10.1 Å². The van der Waals surface area contributed by atoms with Gasteiger partial charge in [0.25, 0.3) is 0 Å². The molecule has 0 radical (unpaired) electrons. The second kappa shape index (κ2) is 5.25. The Morgan fingerprint density at radius 3 is 2.94 bits per heavy atom. The Labute approximate surface area is 110 Å². The van der Waals surface area contributed by atoms with Gasteiger partial charge in [-0.3, -0.25) is 0 Å². The molecule has 0 atom stereocenters. The van der Waals surface area contributed by atoms with Crippen LogP contribution in [0.4, 0.5) is 0 Å². The first kappa shape index (κ1) is 11.3. The first-order valence-corrected chi connectivity index (χ1v) is 6.72. The third-order valence-corrected chi connectivity index (χ3v) is 3.84. The highest BCUT2D eigenvalue weighted by Crippen LogP contribution is 2.25. The fourth-order valence-electron chi connectivity index (χ4n) is 1.92. The molecule has 90 valence electrons. The Kier molecular flexibility index (Phi) is 3.30. The Morgan fingerprint density at radius 1 is 1.11 bits per heavy atom. The van der Waals surface area contributed by atoms with Crippen molar-refractivity contribution in [1.82, 2.24) is 15.3 Å². The summed E-state index contributed by atoms with van der Waals surface area (Å²) in [5.74, 6) is 0. The predicted octanol–water partition coefficient (Wildman–Crippen LogP) is 2.98. The maximum atomic E-state index is 4.19. The van der Waals surface area contributed by atoms with Crippen LogP contribution in [0.2, 0.25) is 0 Å². The second-order valence-electron chi connectivity index (χ2n) is 4.06. The van der Waals surface area contributed by atoms with Gasteiger partial charge in [0.1, 0.15) is 6.33 Å². The first-order chi connectivity index (χ1) is 8.93. The van der Waals surface area contributed by atoms with Crippen LogP contribution < -0.4 is 5.32 Å². The number of rotatable bonds is 4. The van der Waals surface area contributed by atoms with Gasteiger partial charge in [-0.1, -0.05) is 18.2 Å². The van der Waals surface area contributed by atoms with Gasteiger partial charge < -0.3 is 5.32 Å². The van der Waals surface area contributed by atoms with Crippen LogP contribution in [0, 0.1) is 0 Å². The zero-order chi connectivity index (χ0) is 12.2. The summed E-state index contributed by atoms with van der Waals surface area (Å²) in [6, 6.07) is 10.4. The summed E-state index contributed by atoms with van der Waals surface area (Å²) in [5, 5.41) is 6.98. The summed E-state index contributed by atoms with van der Waals surface area (Å²) < 4.78 is 1.34. The molecule has 2 aromatic heterocycles. The molecule has 4 heteroatoms. The van der Waals surface area contributed by atoms with E-state index in [0.29, 0.717) is 0 Å². The van der Waals surface area contributed by atoms with Gasteiger partial charge in [0.15, 0.2) is 0 Å². The minimum Gasteiger partial charge on any atom is -0.307 e. The van der Waals surface area contributed by atoms with E-state index in [1.54, 1.807) is 23.9 Å². The lowest BCUT2D eigenvalue weighted by atomic mass is 10.2. The van der Waals surface area contributed by atoms with Crippen LogP contribution in [-0.4, -0.2) is 9.97 Å². The SMILES string of the molecule is c1ccc2c(CNCc3ccncn3)csc2c1. The van der Waals surface area contributed by atoms with Gasteiger partial charge in [0.05, 0.1) is 5.69 Å². The van der Waals surface area contributed by atoms with E-state index in [1.807, 2.05) is 6.07 Å². The van der Waals surface area contributed by atoms with Crippen LogP contribution in [0.5, 0.6) is 0 Å². The molecule has 0 fully saturated rings. The van der Waals surface area contributed by atoms with Crippen molar-refractivity contribution in [2.24, 2.45) is 0 Å². The minimum atomic E-state index is 0.771. The van der Waals surface area contributed by atoms with E-state index < -0.39 is 0 Å². The molecule has 3 nitrogen and oxygen atoms in total. The molecule has 0 aliphatic carbocycles. The maximum absolute atomic E-state index is 4.19. The fraction of sp³-hybridized carbons (Fsp3) is 0.143. The van der Waals surface area contributed by atoms with Crippen molar-refractivity contribution in [2.45, 2.75) is 13.1 Å². The van der Waals surface area contributed by atoms with Crippen molar-refractivity contribution in [3.8, 4) is 0 Å². The van der Waals surface area contributed by atoms with E-state index in [1.165, 1.54) is 15.6 Å². The lowest BCUT2D eigenvalue weighted by Gasteiger charge is -2.03. The number of aromatic nitrogens is 2. The van der Waals surface area contributed by atoms with Gasteiger partial charge >= 0.3 is 0 Å². The Morgan fingerprint density at radius 2 is 2.06 bits per heavy atom. The average molecular weight is 255 g/mol. The number of thiophene rings is 1. The molecule has 0 amide bonds. The van der Waals surface area contributed by atoms with Gasteiger partial charge in [-0.05, 0) is 28.5 Å². The lowest BCUT2D eigenvalue weighted by molar-refractivity contribution is 0.681. The van der Waals surface area contributed by atoms with Gasteiger partial charge in [0.2, 0.25) is 0 Å². The summed E-state index contributed by atoms with van der Waals surface area (Å²) in [5.41, 5.74) is 2.37. The third kappa shape index (κ3) is 2.39. The molecule has 3 rings (SSSR count). The number of benzene rings is 1. The Balaban J connectivity index is 1.67. The van der Waals surface area contributed by atoms with Crippen molar-refractivity contribution in [3.05, 3.63) is 59.5 Å². The van der Waals surface area contributed by atoms with Crippen molar-refractivity contribution >= 4 is 21.4 Å². The van der Waals surface area contributed by atoms with Crippen LogP contribution in [0.15, 0.2) is 48.2 Å².